The van der Waals surface area contributed by atoms with Gasteiger partial charge in [-0.15, -0.1) is 0 Å². The SMILES string of the molecule is CCC(=O)NC[C@@H]1[C@@H](c2ccc(-c3ccccc3)cc2)[C@H](CO)N1C(=O)C1CC1. The Morgan fingerprint density at radius 3 is 2.24 bits per heavy atom. The Morgan fingerprint density at radius 2 is 1.66 bits per heavy atom. The molecule has 1 saturated carbocycles. The van der Waals surface area contributed by atoms with Crippen LogP contribution < -0.4 is 5.32 Å². The van der Waals surface area contributed by atoms with Gasteiger partial charge in [0.1, 0.15) is 0 Å². The average molecular weight is 392 g/mol. The molecule has 5 heteroatoms. The van der Waals surface area contributed by atoms with E-state index in [1.165, 1.54) is 0 Å². The Kier molecular flexibility index (Phi) is 5.67. The topological polar surface area (TPSA) is 69.6 Å². The average Bonchev–Trinajstić information content (AvgIpc) is 3.59. The predicted molar refractivity (Wildman–Crippen MR) is 112 cm³/mol. The Labute approximate surface area is 171 Å². The van der Waals surface area contributed by atoms with Gasteiger partial charge in [0.15, 0.2) is 0 Å². The van der Waals surface area contributed by atoms with Crippen LogP contribution in [0.2, 0.25) is 0 Å². The van der Waals surface area contributed by atoms with E-state index in [2.05, 4.69) is 41.7 Å². The molecule has 2 aliphatic rings. The molecule has 152 valence electrons. The fourth-order valence-corrected chi connectivity index (χ4v) is 4.36. The van der Waals surface area contributed by atoms with Crippen molar-refractivity contribution in [2.45, 2.75) is 44.2 Å². The van der Waals surface area contributed by atoms with Gasteiger partial charge in [-0.1, -0.05) is 61.5 Å². The summed E-state index contributed by atoms with van der Waals surface area (Å²) in [6.45, 7) is 2.17. The van der Waals surface area contributed by atoms with Gasteiger partial charge in [0.2, 0.25) is 11.8 Å². The van der Waals surface area contributed by atoms with Crippen molar-refractivity contribution in [1.29, 1.82) is 0 Å². The normalized spacial score (nSPS) is 23.4. The van der Waals surface area contributed by atoms with E-state index in [-0.39, 0.29) is 42.3 Å². The van der Waals surface area contributed by atoms with Crippen LogP contribution in [-0.4, -0.2) is 47.1 Å². The number of carbonyl (C=O) groups is 2. The third kappa shape index (κ3) is 3.92. The van der Waals surface area contributed by atoms with Crippen LogP contribution in [-0.2, 0) is 9.59 Å². The van der Waals surface area contributed by atoms with Crippen LogP contribution in [0.25, 0.3) is 11.1 Å². The smallest absolute Gasteiger partial charge is 0.226 e. The van der Waals surface area contributed by atoms with Gasteiger partial charge in [-0.3, -0.25) is 9.59 Å². The van der Waals surface area contributed by atoms with Gasteiger partial charge in [-0.25, -0.2) is 0 Å². The summed E-state index contributed by atoms with van der Waals surface area (Å²) in [5, 5.41) is 13.0. The number of nitrogens with zero attached hydrogens (tertiary/aromatic N) is 1. The van der Waals surface area contributed by atoms with Crippen LogP contribution in [0, 0.1) is 5.92 Å². The number of hydrogen-bond donors (Lipinski definition) is 2. The van der Waals surface area contributed by atoms with Gasteiger partial charge in [0.25, 0.3) is 0 Å². The molecule has 29 heavy (non-hydrogen) atoms. The van der Waals surface area contributed by atoms with Crippen molar-refractivity contribution < 1.29 is 14.7 Å². The van der Waals surface area contributed by atoms with Gasteiger partial charge in [0.05, 0.1) is 18.7 Å². The van der Waals surface area contributed by atoms with E-state index in [0.717, 1.165) is 29.5 Å². The highest BCUT2D eigenvalue weighted by atomic mass is 16.3. The van der Waals surface area contributed by atoms with Crippen molar-refractivity contribution in [2.75, 3.05) is 13.2 Å². The Morgan fingerprint density at radius 1 is 1.00 bits per heavy atom. The van der Waals surface area contributed by atoms with E-state index < -0.39 is 0 Å². The van der Waals surface area contributed by atoms with Crippen LogP contribution in [0.5, 0.6) is 0 Å². The first-order valence-corrected chi connectivity index (χ1v) is 10.5. The maximum Gasteiger partial charge on any atom is 0.226 e. The molecular weight excluding hydrogens is 364 g/mol. The second-order valence-corrected chi connectivity index (χ2v) is 8.01. The Bertz CT molecular complexity index is 861. The lowest BCUT2D eigenvalue weighted by molar-refractivity contribution is -0.152. The number of amides is 2. The minimum atomic E-state index is -0.228. The number of aliphatic hydroxyl groups excluding tert-OH is 1. The number of carbonyl (C=O) groups excluding carboxylic acids is 2. The first-order chi connectivity index (χ1) is 14.1. The van der Waals surface area contributed by atoms with Gasteiger partial charge in [-0.2, -0.15) is 0 Å². The molecule has 0 bridgehead atoms. The van der Waals surface area contributed by atoms with Gasteiger partial charge in [0, 0.05) is 24.8 Å². The molecule has 0 spiro atoms. The van der Waals surface area contributed by atoms with Crippen LogP contribution in [0.15, 0.2) is 54.6 Å². The van der Waals surface area contributed by atoms with Crippen molar-refractivity contribution >= 4 is 11.8 Å². The molecule has 0 aromatic heterocycles. The fourth-order valence-electron chi connectivity index (χ4n) is 4.36. The van der Waals surface area contributed by atoms with Crippen molar-refractivity contribution in [1.82, 2.24) is 10.2 Å². The van der Waals surface area contributed by atoms with E-state index in [9.17, 15) is 14.7 Å². The second-order valence-electron chi connectivity index (χ2n) is 8.01. The molecule has 2 amide bonds. The Hall–Kier alpha value is -2.66. The summed E-state index contributed by atoms with van der Waals surface area (Å²) in [6, 6.07) is 18.2. The molecular formula is C24H28N2O3. The number of nitrogens with one attached hydrogen (secondary N) is 1. The molecule has 3 atom stereocenters. The summed E-state index contributed by atoms with van der Waals surface area (Å²) in [6.07, 6.45) is 2.28. The van der Waals surface area contributed by atoms with E-state index in [4.69, 9.17) is 0 Å². The van der Waals surface area contributed by atoms with E-state index in [1.54, 1.807) is 0 Å². The maximum atomic E-state index is 12.8. The third-order valence-electron chi connectivity index (χ3n) is 6.14. The quantitative estimate of drug-likeness (QED) is 0.761. The number of aliphatic hydroxyl groups is 1. The molecule has 2 aromatic carbocycles. The number of hydrogen-bond acceptors (Lipinski definition) is 3. The lowest BCUT2D eigenvalue weighted by atomic mass is 9.74. The van der Waals surface area contributed by atoms with Crippen molar-refractivity contribution in [3.05, 3.63) is 60.2 Å². The summed E-state index contributed by atoms with van der Waals surface area (Å²) in [5.74, 6) is 0.214. The van der Waals surface area contributed by atoms with E-state index in [0.29, 0.717) is 13.0 Å². The monoisotopic (exact) mass is 392 g/mol. The highest BCUT2D eigenvalue weighted by molar-refractivity contribution is 5.83. The maximum absolute atomic E-state index is 12.8. The van der Waals surface area contributed by atoms with Crippen molar-refractivity contribution in [3.63, 3.8) is 0 Å². The standard InChI is InChI=1S/C24H28N2O3/c1-2-22(28)25-14-20-23(21(15-27)26(20)24(29)19-12-13-19)18-10-8-17(9-11-18)16-6-4-3-5-7-16/h3-11,19-21,23,27H,2,12-15H2,1H3,(H,25,28)/t20-,21+,23-/m1/s1. The summed E-state index contributed by atoms with van der Waals surface area (Å²) in [5.41, 5.74) is 3.39. The third-order valence-corrected chi connectivity index (χ3v) is 6.14. The van der Waals surface area contributed by atoms with Gasteiger partial charge < -0.3 is 15.3 Å². The summed E-state index contributed by atoms with van der Waals surface area (Å²) in [7, 11) is 0. The van der Waals surface area contributed by atoms with Gasteiger partial charge in [-0.05, 0) is 29.5 Å². The summed E-state index contributed by atoms with van der Waals surface area (Å²) >= 11 is 0. The first-order valence-electron chi connectivity index (χ1n) is 10.5. The molecule has 1 saturated heterocycles. The summed E-state index contributed by atoms with van der Waals surface area (Å²) in [4.78, 5) is 26.4. The van der Waals surface area contributed by atoms with E-state index >= 15 is 0 Å². The zero-order valence-electron chi connectivity index (χ0n) is 16.8. The molecule has 0 unspecified atom stereocenters. The Balaban J connectivity index is 1.57. The van der Waals surface area contributed by atoms with Gasteiger partial charge >= 0.3 is 0 Å². The van der Waals surface area contributed by atoms with Crippen LogP contribution in [0.3, 0.4) is 0 Å². The molecule has 0 radical (unpaired) electrons. The van der Waals surface area contributed by atoms with E-state index in [1.807, 2.05) is 30.0 Å². The van der Waals surface area contributed by atoms with Crippen LogP contribution in [0.1, 0.15) is 37.7 Å². The predicted octanol–water partition coefficient (Wildman–Crippen LogP) is 2.95. The molecule has 2 N–H and O–H groups in total. The minimum Gasteiger partial charge on any atom is -0.394 e. The zero-order chi connectivity index (χ0) is 20.4. The molecule has 1 aliphatic heterocycles. The lowest BCUT2D eigenvalue weighted by Gasteiger charge is -2.55. The molecule has 1 aliphatic carbocycles. The van der Waals surface area contributed by atoms with Crippen LogP contribution in [0.4, 0.5) is 0 Å². The number of benzene rings is 2. The number of likely N-dealkylation sites (tertiary alicyclic amines) is 1. The largest absolute Gasteiger partial charge is 0.394 e. The molecule has 1 heterocycles. The number of rotatable bonds is 7. The highest BCUT2D eigenvalue weighted by Gasteiger charge is 2.53. The highest BCUT2D eigenvalue weighted by Crippen LogP contribution is 2.44. The lowest BCUT2D eigenvalue weighted by Crippen LogP contribution is -2.68. The second kappa shape index (κ2) is 8.37. The zero-order valence-corrected chi connectivity index (χ0v) is 16.8. The van der Waals surface area contributed by atoms with Crippen LogP contribution >= 0.6 is 0 Å². The summed E-state index contributed by atoms with van der Waals surface area (Å²) < 4.78 is 0. The minimum absolute atomic E-state index is 0.0182. The fraction of sp³-hybridized carbons (Fsp3) is 0.417. The molecule has 2 fully saturated rings. The van der Waals surface area contributed by atoms with Crippen molar-refractivity contribution in [2.24, 2.45) is 5.92 Å². The molecule has 5 nitrogen and oxygen atoms in total. The first kappa shape index (κ1) is 19.6. The molecule has 4 rings (SSSR count). The van der Waals surface area contributed by atoms with Crippen molar-refractivity contribution in [3.8, 4) is 11.1 Å². The molecule has 2 aromatic rings.